The van der Waals surface area contributed by atoms with Crippen LogP contribution in [-0.4, -0.2) is 17.4 Å². The van der Waals surface area contributed by atoms with Crippen molar-refractivity contribution in [3.8, 4) is 5.75 Å². The fourth-order valence-electron chi connectivity index (χ4n) is 2.35. The number of aromatic nitrogens is 1. The minimum absolute atomic E-state index is 0.0156. The second-order valence-electron chi connectivity index (χ2n) is 4.94. The SMILES string of the molecule is CC.CC1C=C(/C=C2\COc3ccncc3C2=O)C=CC1. The van der Waals surface area contributed by atoms with E-state index in [-0.39, 0.29) is 5.78 Å². The van der Waals surface area contributed by atoms with Crippen LogP contribution in [0.4, 0.5) is 0 Å². The van der Waals surface area contributed by atoms with Crippen molar-refractivity contribution >= 4 is 5.78 Å². The number of carbonyl (C=O) groups is 1. The van der Waals surface area contributed by atoms with Gasteiger partial charge < -0.3 is 4.74 Å². The normalized spacial score (nSPS) is 21.9. The quantitative estimate of drug-likeness (QED) is 0.727. The smallest absolute Gasteiger partial charge is 0.197 e. The highest BCUT2D eigenvalue weighted by Gasteiger charge is 2.23. The molecule has 0 fully saturated rings. The molecule has 0 bridgehead atoms. The van der Waals surface area contributed by atoms with Gasteiger partial charge in [-0.15, -0.1) is 0 Å². The predicted octanol–water partition coefficient (Wildman–Crippen LogP) is 4.13. The van der Waals surface area contributed by atoms with E-state index < -0.39 is 0 Å². The summed E-state index contributed by atoms with van der Waals surface area (Å²) in [6.45, 7) is 6.50. The molecule has 0 aromatic carbocycles. The first kappa shape index (κ1) is 15.2. The third-order valence-electron chi connectivity index (χ3n) is 3.34. The maximum absolute atomic E-state index is 12.3. The van der Waals surface area contributed by atoms with Crippen molar-refractivity contribution in [1.29, 1.82) is 0 Å². The van der Waals surface area contributed by atoms with E-state index in [1.54, 1.807) is 18.5 Å². The molecule has 3 rings (SSSR count). The lowest BCUT2D eigenvalue weighted by Crippen LogP contribution is -2.19. The number of Topliss-reactive ketones (excluding diaryl/α,β-unsaturated/α-hetero) is 1. The number of fused-ring (bicyclic) bond motifs is 1. The van der Waals surface area contributed by atoms with E-state index in [0.29, 0.717) is 29.4 Å². The van der Waals surface area contributed by atoms with Gasteiger partial charge in [-0.2, -0.15) is 0 Å². The van der Waals surface area contributed by atoms with Crippen LogP contribution in [0.5, 0.6) is 5.75 Å². The standard InChI is InChI=1S/C16H15NO2.C2H6/c1-11-3-2-4-12(7-11)8-13-10-19-15-5-6-17-9-14(15)16(13)18;1-2/h2,4-9,11H,3,10H2,1H3;1-2H3/b13-8+;. The molecule has 2 aliphatic rings. The molecule has 0 N–H and O–H groups in total. The van der Waals surface area contributed by atoms with Gasteiger partial charge in [-0.3, -0.25) is 9.78 Å². The van der Waals surface area contributed by atoms with Crippen molar-refractivity contribution in [2.75, 3.05) is 6.61 Å². The van der Waals surface area contributed by atoms with Gasteiger partial charge in [-0.05, 0) is 30.1 Å². The molecule has 110 valence electrons. The van der Waals surface area contributed by atoms with Crippen molar-refractivity contribution in [1.82, 2.24) is 4.98 Å². The number of pyridine rings is 1. The number of ketones is 1. The summed E-state index contributed by atoms with van der Waals surface area (Å²) < 4.78 is 5.59. The molecule has 1 unspecified atom stereocenters. The zero-order valence-electron chi connectivity index (χ0n) is 12.8. The number of carbonyl (C=O) groups excluding carboxylic acids is 1. The molecule has 0 saturated heterocycles. The van der Waals surface area contributed by atoms with Crippen LogP contribution in [-0.2, 0) is 0 Å². The summed E-state index contributed by atoms with van der Waals surface area (Å²) in [6.07, 6.45) is 12.6. The van der Waals surface area contributed by atoms with Gasteiger partial charge in [0.1, 0.15) is 12.4 Å². The summed E-state index contributed by atoms with van der Waals surface area (Å²) in [7, 11) is 0. The largest absolute Gasteiger partial charge is 0.488 e. The maximum atomic E-state index is 12.3. The van der Waals surface area contributed by atoms with Gasteiger partial charge in [0.2, 0.25) is 0 Å². The van der Waals surface area contributed by atoms with Gasteiger partial charge in [-0.1, -0.05) is 39.0 Å². The van der Waals surface area contributed by atoms with E-state index in [0.717, 1.165) is 12.0 Å². The number of ether oxygens (including phenoxy) is 1. The van der Waals surface area contributed by atoms with Gasteiger partial charge in [0.15, 0.2) is 5.78 Å². The molecule has 21 heavy (non-hydrogen) atoms. The molecule has 1 atom stereocenters. The zero-order valence-corrected chi connectivity index (χ0v) is 12.8. The average Bonchev–Trinajstić information content (AvgIpc) is 2.52. The first-order chi connectivity index (χ1) is 10.2. The van der Waals surface area contributed by atoms with Crippen LogP contribution in [0.15, 0.2) is 53.9 Å². The van der Waals surface area contributed by atoms with Crippen LogP contribution in [0.3, 0.4) is 0 Å². The predicted molar refractivity (Wildman–Crippen MR) is 84.5 cm³/mol. The fourth-order valence-corrected chi connectivity index (χ4v) is 2.35. The van der Waals surface area contributed by atoms with Gasteiger partial charge in [0, 0.05) is 18.0 Å². The van der Waals surface area contributed by atoms with E-state index in [4.69, 9.17) is 4.74 Å². The van der Waals surface area contributed by atoms with Crippen LogP contribution in [0.25, 0.3) is 0 Å². The van der Waals surface area contributed by atoms with Crippen LogP contribution < -0.4 is 4.74 Å². The van der Waals surface area contributed by atoms with Crippen LogP contribution >= 0.6 is 0 Å². The molecule has 0 amide bonds. The van der Waals surface area contributed by atoms with Gasteiger partial charge >= 0.3 is 0 Å². The number of hydrogen-bond acceptors (Lipinski definition) is 3. The molecular weight excluding hydrogens is 262 g/mol. The highest BCUT2D eigenvalue weighted by atomic mass is 16.5. The Balaban J connectivity index is 0.000000774. The number of allylic oxidation sites excluding steroid dienone is 5. The molecule has 3 heteroatoms. The van der Waals surface area contributed by atoms with Crippen molar-refractivity contribution in [3.63, 3.8) is 0 Å². The Labute approximate surface area is 126 Å². The summed E-state index contributed by atoms with van der Waals surface area (Å²) >= 11 is 0. The second-order valence-corrected chi connectivity index (χ2v) is 4.94. The number of nitrogens with zero attached hydrogens (tertiary/aromatic N) is 1. The van der Waals surface area contributed by atoms with Gasteiger partial charge in [0.05, 0.1) is 5.56 Å². The Hall–Kier alpha value is -2.16. The van der Waals surface area contributed by atoms with E-state index in [2.05, 4.69) is 30.1 Å². The Morgan fingerprint density at radius 1 is 1.38 bits per heavy atom. The van der Waals surface area contributed by atoms with Crippen molar-refractivity contribution in [3.05, 3.63) is 59.5 Å². The number of rotatable bonds is 1. The van der Waals surface area contributed by atoms with Crippen molar-refractivity contribution < 1.29 is 9.53 Å². The molecule has 1 aliphatic heterocycles. The summed E-state index contributed by atoms with van der Waals surface area (Å²) in [4.78, 5) is 16.3. The highest BCUT2D eigenvalue weighted by Crippen LogP contribution is 2.27. The molecule has 0 spiro atoms. The summed E-state index contributed by atoms with van der Waals surface area (Å²) in [5.41, 5.74) is 2.32. The fraction of sp³-hybridized carbons (Fsp3) is 0.333. The van der Waals surface area contributed by atoms with E-state index in [1.807, 2.05) is 19.9 Å². The molecule has 1 aromatic rings. The Morgan fingerprint density at radius 2 is 2.19 bits per heavy atom. The van der Waals surface area contributed by atoms with Crippen LogP contribution in [0.2, 0.25) is 0 Å². The third kappa shape index (κ3) is 3.48. The molecular formula is C18H21NO2. The van der Waals surface area contributed by atoms with Crippen molar-refractivity contribution in [2.45, 2.75) is 27.2 Å². The molecule has 1 aliphatic carbocycles. The molecule has 2 heterocycles. The minimum Gasteiger partial charge on any atom is -0.488 e. The molecule has 3 nitrogen and oxygen atoms in total. The highest BCUT2D eigenvalue weighted by molar-refractivity contribution is 6.11. The molecule has 0 saturated carbocycles. The van der Waals surface area contributed by atoms with Crippen LogP contribution in [0, 0.1) is 5.92 Å². The minimum atomic E-state index is 0.0156. The van der Waals surface area contributed by atoms with Crippen LogP contribution in [0.1, 0.15) is 37.6 Å². The molecule has 1 aromatic heterocycles. The zero-order chi connectivity index (χ0) is 15.2. The van der Waals surface area contributed by atoms with E-state index in [9.17, 15) is 4.79 Å². The van der Waals surface area contributed by atoms with E-state index in [1.165, 1.54) is 0 Å². The third-order valence-corrected chi connectivity index (χ3v) is 3.34. The lowest BCUT2D eigenvalue weighted by molar-refractivity contribution is 0.0998. The summed E-state index contributed by atoms with van der Waals surface area (Å²) in [5, 5.41) is 0. The Morgan fingerprint density at radius 3 is 2.95 bits per heavy atom. The summed E-state index contributed by atoms with van der Waals surface area (Å²) in [6, 6.07) is 1.73. The van der Waals surface area contributed by atoms with Gasteiger partial charge in [-0.25, -0.2) is 0 Å². The Bertz CT molecular complexity index is 611. The average molecular weight is 283 g/mol. The summed E-state index contributed by atoms with van der Waals surface area (Å²) in [5.74, 6) is 1.16. The van der Waals surface area contributed by atoms with E-state index >= 15 is 0 Å². The number of hydrogen-bond donors (Lipinski definition) is 0. The topological polar surface area (TPSA) is 39.2 Å². The Kier molecular flexibility index (Phi) is 5.09. The van der Waals surface area contributed by atoms with Crippen molar-refractivity contribution in [2.24, 2.45) is 5.92 Å². The lowest BCUT2D eigenvalue weighted by Gasteiger charge is -2.18. The molecule has 0 radical (unpaired) electrons. The van der Waals surface area contributed by atoms with Gasteiger partial charge in [0.25, 0.3) is 0 Å². The first-order valence-electron chi connectivity index (χ1n) is 7.44. The lowest BCUT2D eigenvalue weighted by atomic mass is 9.94. The first-order valence-corrected chi connectivity index (χ1v) is 7.44. The monoisotopic (exact) mass is 283 g/mol. The second kappa shape index (κ2) is 7.02. The maximum Gasteiger partial charge on any atom is 0.197 e.